The highest BCUT2D eigenvalue weighted by molar-refractivity contribution is 6.51. The number of hydrogen-bond acceptors (Lipinski definition) is 1. The van der Waals surface area contributed by atoms with Crippen LogP contribution in [0.15, 0.2) is 24.3 Å². The Kier molecular flexibility index (Phi) is 2.72. The maximum Gasteiger partial charge on any atom is 0.154 e. The van der Waals surface area contributed by atoms with Gasteiger partial charge < -0.3 is 5.73 Å². The van der Waals surface area contributed by atoms with E-state index in [1.807, 2.05) is 6.92 Å². The van der Waals surface area contributed by atoms with Gasteiger partial charge in [-0.25, -0.2) is 0 Å². The van der Waals surface area contributed by atoms with Gasteiger partial charge in [0.05, 0.1) is 0 Å². The van der Waals surface area contributed by atoms with Crippen LogP contribution in [0, 0.1) is 0 Å². The second-order valence-electron chi connectivity index (χ2n) is 2.88. The molecule has 1 atom stereocenters. The lowest BCUT2D eigenvalue weighted by Crippen LogP contribution is -2.11. The van der Waals surface area contributed by atoms with E-state index in [2.05, 4.69) is 31.1 Å². The molecule has 0 aliphatic heterocycles. The number of hydrogen-bond donors (Lipinski definition) is 1. The lowest BCUT2D eigenvalue weighted by Gasteiger charge is -2.04. The van der Waals surface area contributed by atoms with Gasteiger partial charge in [-0.05, 0) is 12.5 Å². The largest absolute Gasteiger partial charge is 0.324 e. The van der Waals surface area contributed by atoms with Crippen molar-refractivity contribution in [3.05, 3.63) is 29.8 Å². The molecule has 0 aliphatic carbocycles. The SMILES string of the molecule is CBc1ccc(C(C)N)cc1. The van der Waals surface area contributed by atoms with Crippen LogP contribution in [0.2, 0.25) is 6.82 Å². The van der Waals surface area contributed by atoms with Crippen LogP contribution < -0.4 is 11.2 Å². The van der Waals surface area contributed by atoms with Crippen molar-refractivity contribution in [2.24, 2.45) is 5.73 Å². The van der Waals surface area contributed by atoms with E-state index in [0.717, 1.165) is 7.28 Å². The standard InChI is InChI=1S/C9H14BN/c1-7(11)8-3-5-9(10-2)6-4-8/h3-7,10H,11H2,1-2H3. The lowest BCUT2D eigenvalue weighted by atomic mass is 9.73. The van der Waals surface area contributed by atoms with Crippen LogP contribution in [0.4, 0.5) is 0 Å². The second-order valence-corrected chi connectivity index (χ2v) is 2.88. The molecule has 1 nitrogen and oxygen atoms in total. The van der Waals surface area contributed by atoms with Crippen molar-refractivity contribution in [1.82, 2.24) is 0 Å². The van der Waals surface area contributed by atoms with Crippen molar-refractivity contribution in [2.45, 2.75) is 19.8 Å². The van der Waals surface area contributed by atoms with Crippen LogP contribution in [0.3, 0.4) is 0 Å². The third kappa shape index (κ3) is 2.09. The molecule has 0 aliphatic rings. The molecule has 58 valence electrons. The molecule has 0 spiro atoms. The Hall–Kier alpha value is -0.755. The van der Waals surface area contributed by atoms with Gasteiger partial charge in [0, 0.05) is 6.04 Å². The summed E-state index contributed by atoms with van der Waals surface area (Å²) in [6, 6.07) is 8.63. The number of nitrogens with two attached hydrogens (primary N) is 1. The van der Waals surface area contributed by atoms with E-state index in [4.69, 9.17) is 5.73 Å². The van der Waals surface area contributed by atoms with Crippen molar-refractivity contribution in [1.29, 1.82) is 0 Å². The van der Waals surface area contributed by atoms with Gasteiger partial charge in [-0.15, -0.1) is 0 Å². The van der Waals surface area contributed by atoms with Gasteiger partial charge in [0.15, 0.2) is 7.28 Å². The average molecular weight is 147 g/mol. The van der Waals surface area contributed by atoms with Gasteiger partial charge in [-0.1, -0.05) is 36.6 Å². The van der Waals surface area contributed by atoms with E-state index in [1.54, 1.807) is 0 Å². The molecular weight excluding hydrogens is 133 g/mol. The highest BCUT2D eigenvalue weighted by atomic mass is 14.6. The summed E-state index contributed by atoms with van der Waals surface area (Å²) in [5.41, 5.74) is 8.29. The van der Waals surface area contributed by atoms with Gasteiger partial charge in [0.2, 0.25) is 0 Å². The minimum Gasteiger partial charge on any atom is -0.324 e. The fraction of sp³-hybridized carbons (Fsp3) is 0.333. The van der Waals surface area contributed by atoms with E-state index in [-0.39, 0.29) is 6.04 Å². The number of benzene rings is 1. The van der Waals surface area contributed by atoms with Crippen LogP contribution >= 0.6 is 0 Å². The molecule has 2 heteroatoms. The van der Waals surface area contributed by atoms with Crippen LogP contribution in [-0.2, 0) is 0 Å². The smallest absolute Gasteiger partial charge is 0.154 e. The van der Waals surface area contributed by atoms with Gasteiger partial charge >= 0.3 is 0 Å². The second kappa shape index (κ2) is 3.58. The summed E-state index contributed by atoms with van der Waals surface area (Å²) in [6.45, 7) is 4.15. The van der Waals surface area contributed by atoms with Crippen LogP contribution in [0.1, 0.15) is 18.5 Å². The molecule has 2 N–H and O–H groups in total. The Morgan fingerprint density at radius 3 is 2.18 bits per heavy atom. The molecule has 1 rings (SSSR count). The minimum absolute atomic E-state index is 0.154. The molecule has 0 radical (unpaired) electrons. The van der Waals surface area contributed by atoms with Gasteiger partial charge in [0.1, 0.15) is 0 Å². The monoisotopic (exact) mass is 147 g/mol. The first-order chi connectivity index (χ1) is 5.24. The van der Waals surface area contributed by atoms with E-state index in [0.29, 0.717) is 0 Å². The zero-order valence-electron chi connectivity index (χ0n) is 7.17. The molecule has 0 amide bonds. The maximum atomic E-state index is 5.71. The fourth-order valence-corrected chi connectivity index (χ4v) is 1.06. The Morgan fingerprint density at radius 1 is 1.27 bits per heavy atom. The third-order valence-electron chi connectivity index (χ3n) is 1.91. The average Bonchev–Trinajstić information content (AvgIpc) is 2.05. The molecule has 1 aromatic carbocycles. The van der Waals surface area contributed by atoms with Crippen LogP contribution in [-0.4, -0.2) is 7.28 Å². The Balaban J connectivity index is 2.83. The predicted molar refractivity (Wildman–Crippen MR) is 51.7 cm³/mol. The van der Waals surface area contributed by atoms with Crippen molar-refractivity contribution in [3.63, 3.8) is 0 Å². The van der Waals surface area contributed by atoms with E-state index >= 15 is 0 Å². The molecule has 1 unspecified atom stereocenters. The first kappa shape index (κ1) is 8.34. The zero-order chi connectivity index (χ0) is 8.27. The van der Waals surface area contributed by atoms with Crippen molar-refractivity contribution in [3.8, 4) is 0 Å². The molecule has 0 bridgehead atoms. The zero-order valence-corrected chi connectivity index (χ0v) is 7.17. The van der Waals surface area contributed by atoms with Crippen LogP contribution in [0.5, 0.6) is 0 Å². The molecule has 0 saturated heterocycles. The topological polar surface area (TPSA) is 26.0 Å². The summed E-state index contributed by atoms with van der Waals surface area (Å²) in [7, 11) is 1.10. The first-order valence-corrected chi connectivity index (χ1v) is 4.08. The molecular formula is C9H14BN. The van der Waals surface area contributed by atoms with Crippen molar-refractivity contribution < 1.29 is 0 Å². The van der Waals surface area contributed by atoms with E-state index in [9.17, 15) is 0 Å². The van der Waals surface area contributed by atoms with Gasteiger partial charge in [0.25, 0.3) is 0 Å². The van der Waals surface area contributed by atoms with E-state index < -0.39 is 0 Å². The van der Waals surface area contributed by atoms with E-state index in [1.165, 1.54) is 11.0 Å². The summed E-state index contributed by atoms with van der Waals surface area (Å²) >= 11 is 0. The Bertz CT molecular complexity index is 216. The summed E-state index contributed by atoms with van der Waals surface area (Å²) in [5.74, 6) is 0. The summed E-state index contributed by atoms with van der Waals surface area (Å²) in [5, 5.41) is 0. The fourth-order valence-electron chi connectivity index (χ4n) is 1.06. The summed E-state index contributed by atoms with van der Waals surface area (Å²) in [6.07, 6.45) is 0. The molecule has 0 fully saturated rings. The van der Waals surface area contributed by atoms with Gasteiger partial charge in [-0.3, -0.25) is 0 Å². The normalized spacial score (nSPS) is 12.6. The van der Waals surface area contributed by atoms with Gasteiger partial charge in [-0.2, -0.15) is 0 Å². The quantitative estimate of drug-likeness (QED) is 0.615. The molecule has 1 aromatic rings. The molecule has 0 aromatic heterocycles. The molecule has 0 saturated carbocycles. The molecule has 0 heterocycles. The Labute approximate surface area is 68.9 Å². The maximum absolute atomic E-state index is 5.71. The number of rotatable bonds is 2. The summed E-state index contributed by atoms with van der Waals surface area (Å²) < 4.78 is 0. The van der Waals surface area contributed by atoms with Crippen molar-refractivity contribution >= 4 is 12.7 Å². The minimum atomic E-state index is 0.154. The molecule has 11 heavy (non-hydrogen) atoms. The van der Waals surface area contributed by atoms with Crippen molar-refractivity contribution in [2.75, 3.05) is 0 Å². The first-order valence-electron chi connectivity index (χ1n) is 4.08. The highest BCUT2D eigenvalue weighted by Gasteiger charge is 1.97. The predicted octanol–water partition coefficient (Wildman–Crippen LogP) is 0.816. The highest BCUT2D eigenvalue weighted by Crippen LogP contribution is 2.05. The van der Waals surface area contributed by atoms with Crippen LogP contribution in [0.25, 0.3) is 0 Å². The third-order valence-corrected chi connectivity index (χ3v) is 1.91. The Morgan fingerprint density at radius 2 is 1.82 bits per heavy atom. The summed E-state index contributed by atoms with van der Waals surface area (Å²) in [4.78, 5) is 0. The lowest BCUT2D eigenvalue weighted by molar-refractivity contribution is 0.819.